The molecule has 0 aliphatic carbocycles. The number of aliphatic hydroxyl groups is 1. The van der Waals surface area contributed by atoms with E-state index in [1.54, 1.807) is 19.1 Å². The van der Waals surface area contributed by atoms with Crippen LogP contribution in [0.2, 0.25) is 4.34 Å². The first kappa shape index (κ1) is 23.4. The lowest BCUT2D eigenvalue weighted by Gasteiger charge is -2.06. The van der Waals surface area contributed by atoms with Crippen molar-refractivity contribution in [2.45, 2.75) is 6.92 Å². The van der Waals surface area contributed by atoms with Gasteiger partial charge in [-0.2, -0.15) is 0 Å². The third-order valence-electron chi connectivity index (χ3n) is 2.84. The standard InChI is InChI=1S/C15H14ClFN2O2S.2CH2O/c1-8-5-10(3-4-12(8)17)19-15(21)11-6-13(22-14(11)16)18-9(2)7-20;2*1-2/h3-6,18,20H,2,7H2,1H3,(H,19,21);2*1H2. The Morgan fingerprint density at radius 2 is 1.85 bits per heavy atom. The van der Waals surface area contributed by atoms with E-state index in [2.05, 4.69) is 17.2 Å². The highest BCUT2D eigenvalue weighted by atomic mass is 35.5. The van der Waals surface area contributed by atoms with E-state index in [9.17, 15) is 9.18 Å². The summed E-state index contributed by atoms with van der Waals surface area (Å²) >= 11 is 7.22. The Bertz CT molecular complexity index is 765. The van der Waals surface area contributed by atoms with Crippen molar-refractivity contribution in [3.8, 4) is 0 Å². The van der Waals surface area contributed by atoms with E-state index in [1.807, 2.05) is 13.6 Å². The number of hydrogen-bond donors (Lipinski definition) is 3. The molecule has 2 aromatic rings. The molecule has 0 saturated heterocycles. The summed E-state index contributed by atoms with van der Waals surface area (Å²) in [5.74, 6) is -0.726. The van der Waals surface area contributed by atoms with Crippen molar-refractivity contribution in [3.05, 3.63) is 57.8 Å². The van der Waals surface area contributed by atoms with E-state index in [4.69, 9.17) is 26.3 Å². The van der Waals surface area contributed by atoms with Crippen LogP contribution >= 0.6 is 22.9 Å². The highest BCUT2D eigenvalue weighted by molar-refractivity contribution is 7.20. The number of halogens is 2. The van der Waals surface area contributed by atoms with Crippen LogP contribution in [0.4, 0.5) is 15.1 Å². The predicted octanol–water partition coefficient (Wildman–Crippen LogP) is 3.65. The molecule has 2 rings (SSSR count). The van der Waals surface area contributed by atoms with Crippen LogP contribution in [0.3, 0.4) is 0 Å². The minimum atomic E-state index is -0.394. The first-order chi connectivity index (χ1) is 12.4. The maximum absolute atomic E-state index is 13.2. The molecular weight excluding hydrogens is 383 g/mol. The molecule has 1 aromatic heterocycles. The smallest absolute Gasteiger partial charge is 0.258 e. The van der Waals surface area contributed by atoms with Gasteiger partial charge in [-0.05, 0) is 36.8 Å². The monoisotopic (exact) mass is 400 g/mol. The van der Waals surface area contributed by atoms with E-state index in [-0.39, 0.29) is 12.4 Å². The third kappa shape index (κ3) is 6.75. The molecule has 0 radical (unpaired) electrons. The van der Waals surface area contributed by atoms with Gasteiger partial charge in [0.25, 0.3) is 5.91 Å². The van der Waals surface area contributed by atoms with Gasteiger partial charge in [0, 0.05) is 11.4 Å². The molecule has 0 unspecified atom stereocenters. The first-order valence-electron chi connectivity index (χ1n) is 6.91. The number of anilines is 2. The van der Waals surface area contributed by atoms with Gasteiger partial charge in [0.15, 0.2) is 0 Å². The maximum atomic E-state index is 13.2. The number of hydrogen-bond acceptors (Lipinski definition) is 6. The summed E-state index contributed by atoms with van der Waals surface area (Å²) in [7, 11) is 0. The number of aliphatic hydroxyl groups excluding tert-OH is 1. The summed E-state index contributed by atoms with van der Waals surface area (Å²) in [6, 6.07) is 5.88. The average Bonchev–Trinajstić information content (AvgIpc) is 3.01. The molecule has 0 atom stereocenters. The lowest BCUT2D eigenvalue weighted by molar-refractivity contribution is -0.0987. The summed E-state index contributed by atoms with van der Waals surface area (Å²) in [6.07, 6.45) is 0. The van der Waals surface area contributed by atoms with Gasteiger partial charge in [-0.3, -0.25) is 4.79 Å². The van der Waals surface area contributed by atoms with Gasteiger partial charge >= 0.3 is 0 Å². The van der Waals surface area contributed by atoms with Crippen LogP contribution in [0.1, 0.15) is 15.9 Å². The minimum absolute atomic E-state index is 0.216. The molecule has 1 heterocycles. The van der Waals surface area contributed by atoms with Gasteiger partial charge in [0.2, 0.25) is 0 Å². The van der Waals surface area contributed by atoms with E-state index in [0.717, 1.165) is 11.3 Å². The largest absolute Gasteiger partial charge is 0.390 e. The molecule has 6 nitrogen and oxygen atoms in total. The lowest BCUT2D eigenvalue weighted by atomic mass is 10.2. The van der Waals surface area contributed by atoms with E-state index in [0.29, 0.717) is 31.8 Å². The number of carbonyl (C=O) groups is 3. The Morgan fingerprint density at radius 1 is 1.23 bits per heavy atom. The fourth-order valence-electron chi connectivity index (χ4n) is 1.72. The van der Waals surface area contributed by atoms with Crippen molar-refractivity contribution in [2.24, 2.45) is 0 Å². The number of nitrogens with one attached hydrogen (secondary N) is 2. The summed E-state index contributed by atoms with van der Waals surface area (Å²) < 4.78 is 13.5. The van der Waals surface area contributed by atoms with Crippen molar-refractivity contribution < 1.29 is 23.9 Å². The third-order valence-corrected chi connectivity index (χ3v) is 4.11. The summed E-state index contributed by atoms with van der Waals surface area (Å²) in [5.41, 5.74) is 1.62. The van der Waals surface area contributed by atoms with E-state index < -0.39 is 5.91 Å². The molecule has 3 N–H and O–H groups in total. The molecule has 0 fully saturated rings. The Morgan fingerprint density at radius 3 is 2.38 bits per heavy atom. The predicted molar refractivity (Wildman–Crippen MR) is 103 cm³/mol. The zero-order valence-electron chi connectivity index (χ0n) is 14.0. The molecule has 1 aromatic carbocycles. The van der Waals surface area contributed by atoms with Crippen molar-refractivity contribution in [3.63, 3.8) is 0 Å². The zero-order valence-corrected chi connectivity index (χ0v) is 15.5. The molecule has 140 valence electrons. The maximum Gasteiger partial charge on any atom is 0.258 e. The van der Waals surface area contributed by atoms with Crippen molar-refractivity contribution in [2.75, 3.05) is 17.2 Å². The lowest BCUT2D eigenvalue weighted by Crippen LogP contribution is -2.11. The second-order valence-corrected chi connectivity index (χ2v) is 6.26. The fourth-order valence-corrected chi connectivity index (χ4v) is 2.94. The number of carbonyl (C=O) groups excluding carboxylic acids is 3. The second kappa shape index (κ2) is 11.9. The molecule has 9 heteroatoms. The van der Waals surface area contributed by atoms with Crippen LogP contribution in [0, 0.1) is 12.7 Å². The van der Waals surface area contributed by atoms with Gasteiger partial charge in [0.05, 0.1) is 17.2 Å². The van der Waals surface area contributed by atoms with Gasteiger partial charge in [-0.25, -0.2) is 4.39 Å². The van der Waals surface area contributed by atoms with Crippen LogP contribution in [0.25, 0.3) is 0 Å². The topological polar surface area (TPSA) is 95.5 Å². The first-order valence-corrected chi connectivity index (χ1v) is 8.10. The van der Waals surface area contributed by atoms with Crippen LogP contribution in [-0.2, 0) is 9.59 Å². The molecule has 0 saturated carbocycles. The van der Waals surface area contributed by atoms with Gasteiger partial charge in [-0.15, -0.1) is 11.3 Å². The molecule has 0 spiro atoms. The fraction of sp³-hybridized carbons (Fsp3) is 0.118. The zero-order chi connectivity index (χ0) is 20.3. The van der Waals surface area contributed by atoms with Gasteiger partial charge < -0.3 is 25.3 Å². The van der Waals surface area contributed by atoms with Crippen LogP contribution in [-0.4, -0.2) is 31.2 Å². The van der Waals surface area contributed by atoms with Crippen molar-refractivity contribution in [1.82, 2.24) is 0 Å². The Kier molecular flexibility index (Phi) is 10.7. The molecule has 0 bridgehead atoms. The van der Waals surface area contributed by atoms with Crippen molar-refractivity contribution >= 4 is 53.1 Å². The minimum Gasteiger partial charge on any atom is -0.390 e. The number of benzene rings is 1. The van der Waals surface area contributed by atoms with Crippen molar-refractivity contribution in [1.29, 1.82) is 0 Å². The normalized spacial score (nSPS) is 9.08. The van der Waals surface area contributed by atoms with Gasteiger partial charge in [-0.1, -0.05) is 18.2 Å². The summed E-state index contributed by atoms with van der Waals surface area (Å²) in [4.78, 5) is 28.2. The van der Waals surface area contributed by atoms with Crippen LogP contribution < -0.4 is 10.6 Å². The quantitative estimate of drug-likeness (QED) is 0.712. The van der Waals surface area contributed by atoms with Crippen LogP contribution in [0.5, 0.6) is 0 Å². The van der Waals surface area contributed by atoms with E-state index in [1.165, 1.54) is 12.1 Å². The van der Waals surface area contributed by atoms with E-state index >= 15 is 0 Å². The average molecular weight is 401 g/mol. The Balaban J connectivity index is 0.00000146. The highest BCUT2D eigenvalue weighted by Crippen LogP contribution is 2.32. The summed E-state index contributed by atoms with van der Waals surface area (Å²) in [6.45, 7) is 9.00. The van der Waals surface area contributed by atoms with Crippen LogP contribution in [0.15, 0.2) is 36.5 Å². The molecule has 0 aliphatic rings. The van der Waals surface area contributed by atoms with Gasteiger partial charge in [0.1, 0.15) is 23.7 Å². The molecule has 0 aliphatic heterocycles. The number of aryl methyl sites for hydroxylation is 1. The number of thiophene rings is 1. The Hall–Kier alpha value is -2.55. The molecule has 26 heavy (non-hydrogen) atoms. The second-order valence-electron chi connectivity index (χ2n) is 4.60. The molecular formula is C17H18ClFN2O4S. The Labute approximate surface area is 159 Å². The number of rotatable bonds is 5. The number of amides is 1. The highest BCUT2D eigenvalue weighted by Gasteiger charge is 2.15. The SMILES string of the molecule is C=C(CO)Nc1cc(C(=O)Nc2ccc(F)c(C)c2)c(Cl)s1.C=O.C=O. The summed E-state index contributed by atoms with van der Waals surface area (Å²) in [5, 5.41) is 15.0. The molecule has 1 amide bonds.